The van der Waals surface area contributed by atoms with Gasteiger partial charge in [-0.2, -0.15) is 0 Å². The van der Waals surface area contributed by atoms with Crippen molar-refractivity contribution in [2.24, 2.45) is 34.0 Å². The van der Waals surface area contributed by atoms with Crippen LogP contribution in [-0.2, 0) is 28.8 Å². The van der Waals surface area contributed by atoms with Crippen LogP contribution in [0.4, 0.5) is 0 Å². The van der Waals surface area contributed by atoms with Gasteiger partial charge in [-0.05, 0) is 43.9 Å². The molecule has 0 aromatic heterocycles. The van der Waals surface area contributed by atoms with E-state index in [9.17, 15) is 28.8 Å². The number of hydrogen-bond acceptors (Lipinski definition) is 9. The van der Waals surface area contributed by atoms with Crippen molar-refractivity contribution >= 4 is 41.5 Å². The maximum atomic E-state index is 13.6. The highest BCUT2D eigenvalue weighted by atomic mass is 16.4. The third-order valence-corrected chi connectivity index (χ3v) is 6.95. The van der Waals surface area contributed by atoms with Gasteiger partial charge in [0.05, 0.1) is 19.2 Å². The fourth-order valence-electron chi connectivity index (χ4n) is 4.63. The number of likely N-dealkylation sites (tertiary alicyclic amines) is 1. The minimum Gasteiger partial charge on any atom is -0.480 e. The van der Waals surface area contributed by atoms with E-state index in [1.54, 1.807) is 13.8 Å². The van der Waals surface area contributed by atoms with Gasteiger partial charge in [0.15, 0.2) is 5.96 Å². The Bertz CT molecular complexity index is 1050. The number of carboxylic acids is 1. The zero-order valence-electron chi connectivity index (χ0n) is 25.9. The van der Waals surface area contributed by atoms with Gasteiger partial charge in [0, 0.05) is 13.1 Å². The predicted molar refractivity (Wildman–Crippen MR) is 160 cm³/mol. The lowest BCUT2D eigenvalue weighted by atomic mass is 9.99. The summed E-state index contributed by atoms with van der Waals surface area (Å²) in [6.45, 7) is 6.37. The molecule has 0 saturated carbocycles. The summed E-state index contributed by atoms with van der Waals surface area (Å²) in [5.74, 6) is -4.83. The summed E-state index contributed by atoms with van der Waals surface area (Å²) >= 11 is 0. The molecule has 17 nitrogen and oxygen atoms in total. The van der Waals surface area contributed by atoms with Crippen LogP contribution in [-0.4, -0.2) is 113 Å². The zero-order valence-corrected chi connectivity index (χ0v) is 25.9. The third-order valence-electron chi connectivity index (χ3n) is 6.95. The number of aliphatic carboxylic acids is 1. The smallest absolute Gasteiger partial charge is 0.328 e. The summed E-state index contributed by atoms with van der Waals surface area (Å²) in [5.41, 5.74) is 16.7. The summed E-state index contributed by atoms with van der Waals surface area (Å²) in [6.07, 6.45) is 1.64. The molecule has 1 saturated heterocycles. The number of aliphatic hydroxyl groups is 1. The lowest BCUT2D eigenvalue weighted by Gasteiger charge is -2.32. The molecule has 0 radical (unpaired) electrons. The van der Waals surface area contributed by atoms with Crippen LogP contribution in [0.2, 0.25) is 0 Å². The number of nitrogens with zero attached hydrogens (tertiary/aromatic N) is 2. The number of nitrogens with one attached hydrogen (secondary N) is 4. The second-order valence-electron chi connectivity index (χ2n) is 11.5. The van der Waals surface area contributed by atoms with Gasteiger partial charge in [0.25, 0.3) is 0 Å². The molecule has 44 heavy (non-hydrogen) atoms. The number of hydrogen-bond donors (Lipinski definition) is 9. The first-order valence-corrected chi connectivity index (χ1v) is 14.7. The Morgan fingerprint density at radius 3 is 2.18 bits per heavy atom. The van der Waals surface area contributed by atoms with Crippen LogP contribution in [0.3, 0.4) is 0 Å². The van der Waals surface area contributed by atoms with Gasteiger partial charge >= 0.3 is 5.97 Å². The number of carboxylic acid groups (broad SMARTS) is 1. The van der Waals surface area contributed by atoms with E-state index in [4.69, 9.17) is 27.4 Å². The fraction of sp³-hybridized carbons (Fsp3) is 0.741. The molecule has 0 aromatic rings. The van der Waals surface area contributed by atoms with Crippen molar-refractivity contribution in [2.75, 3.05) is 26.2 Å². The molecule has 17 heteroatoms. The highest BCUT2D eigenvalue weighted by Gasteiger charge is 2.40. The molecule has 0 spiro atoms. The molecular formula is C27H49N9O8. The Morgan fingerprint density at radius 2 is 1.64 bits per heavy atom. The Labute approximate surface area is 257 Å². The number of aliphatic imine (C=N–C) groups is 1. The quantitative estimate of drug-likeness (QED) is 0.0412. The lowest BCUT2D eigenvalue weighted by molar-refractivity contribution is -0.143. The van der Waals surface area contributed by atoms with Crippen molar-refractivity contribution in [2.45, 2.75) is 90.0 Å². The summed E-state index contributed by atoms with van der Waals surface area (Å²) in [4.78, 5) is 81.1. The second kappa shape index (κ2) is 18.6. The van der Waals surface area contributed by atoms with E-state index in [0.717, 1.165) is 0 Å². The highest BCUT2D eigenvalue weighted by molar-refractivity contribution is 5.96. The molecule has 5 amide bonds. The third kappa shape index (κ3) is 12.7. The monoisotopic (exact) mass is 627 g/mol. The molecular weight excluding hydrogens is 578 g/mol. The van der Waals surface area contributed by atoms with Crippen molar-refractivity contribution in [3.8, 4) is 0 Å². The van der Waals surface area contributed by atoms with E-state index >= 15 is 0 Å². The predicted octanol–water partition coefficient (Wildman–Crippen LogP) is -3.29. The normalized spacial score (nSPS) is 17.3. The number of nitrogens with two attached hydrogens (primary N) is 3. The number of guanidine groups is 1. The second-order valence-corrected chi connectivity index (χ2v) is 11.5. The van der Waals surface area contributed by atoms with Gasteiger partial charge in [0.1, 0.15) is 24.2 Å². The van der Waals surface area contributed by atoms with Crippen molar-refractivity contribution in [3.63, 3.8) is 0 Å². The average molecular weight is 628 g/mol. The Kier molecular flexibility index (Phi) is 16.1. The van der Waals surface area contributed by atoms with Gasteiger partial charge in [-0.1, -0.05) is 27.7 Å². The summed E-state index contributed by atoms with van der Waals surface area (Å²) in [5, 5.41) is 27.9. The van der Waals surface area contributed by atoms with Crippen LogP contribution >= 0.6 is 0 Å². The van der Waals surface area contributed by atoms with E-state index in [0.29, 0.717) is 19.3 Å². The maximum Gasteiger partial charge on any atom is 0.328 e. The SMILES string of the molecule is CC(C)CC(N)C(=O)NC(C(=O)N1CCCC1C(=O)NC(CCCN=C(N)N)C(=O)NCC(=O)NC(CO)C(=O)O)C(C)C. The van der Waals surface area contributed by atoms with E-state index in [-0.39, 0.29) is 43.7 Å². The van der Waals surface area contributed by atoms with E-state index in [1.807, 2.05) is 13.8 Å². The Hall–Kier alpha value is -3.99. The molecule has 250 valence electrons. The molecule has 1 heterocycles. The minimum atomic E-state index is -1.55. The maximum absolute atomic E-state index is 13.6. The Balaban J connectivity index is 3.01. The lowest BCUT2D eigenvalue weighted by Crippen LogP contribution is -2.58. The van der Waals surface area contributed by atoms with Crippen molar-refractivity contribution < 1.29 is 39.0 Å². The van der Waals surface area contributed by atoms with Gasteiger partial charge in [-0.25, -0.2) is 4.79 Å². The molecule has 1 aliphatic rings. The molecule has 1 rings (SSSR count). The largest absolute Gasteiger partial charge is 0.480 e. The van der Waals surface area contributed by atoms with Gasteiger partial charge in [0.2, 0.25) is 29.5 Å². The van der Waals surface area contributed by atoms with Crippen LogP contribution in [0.15, 0.2) is 4.99 Å². The van der Waals surface area contributed by atoms with Gasteiger partial charge in [-0.15, -0.1) is 0 Å². The number of carbonyl (C=O) groups is 6. The molecule has 1 fully saturated rings. The van der Waals surface area contributed by atoms with Crippen LogP contribution in [0, 0.1) is 11.8 Å². The summed E-state index contributed by atoms with van der Waals surface area (Å²) in [6, 6.07) is -5.32. The zero-order chi connectivity index (χ0) is 33.6. The van der Waals surface area contributed by atoms with Crippen molar-refractivity contribution in [1.29, 1.82) is 0 Å². The average Bonchev–Trinajstić information content (AvgIpc) is 3.43. The van der Waals surface area contributed by atoms with E-state index < -0.39 is 78.9 Å². The van der Waals surface area contributed by atoms with Crippen LogP contribution < -0.4 is 38.5 Å². The van der Waals surface area contributed by atoms with Crippen LogP contribution in [0.1, 0.15) is 59.8 Å². The number of aliphatic hydroxyl groups excluding tert-OH is 1. The highest BCUT2D eigenvalue weighted by Crippen LogP contribution is 2.21. The van der Waals surface area contributed by atoms with E-state index in [1.165, 1.54) is 4.90 Å². The molecule has 1 aliphatic heterocycles. The molecule has 5 atom stereocenters. The first-order valence-electron chi connectivity index (χ1n) is 14.7. The first-order chi connectivity index (χ1) is 20.6. The van der Waals surface area contributed by atoms with Crippen molar-refractivity contribution in [1.82, 2.24) is 26.2 Å². The molecule has 5 unspecified atom stereocenters. The first kappa shape index (κ1) is 38.0. The number of amides is 5. The topological polar surface area (TPSA) is 285 Å². The Morgan fingerprint density at radius 1 is 0.977 bits per heavy atom. The fourth-order valence-corrected chi connectivity index (χ4v) is 4.63. The van der Waals surface area contributed by atoms with Crippen molar-refractivity contribution in [3.05, 3.63) is 0 Å². The van der Waals surface area contributed by atoms with Gasteiger partial charge in [-0.3, -0.25) is 29.0 Å². The van der Waals surface area contributed by atoms with Gasteiger partial charge < -0.3 is 53.6 Å². The summed E-state index contributed by atoms with van der Waals surface area (Å²) in [7, 11) is 0. The molecule has 0 aliphatic carbocycles. The number of rotatable bonds is 18. The molecule has 12 N–H and O–H groups in total. The van der Waals surface area contributed by atoms with Crippen LogP contribution in [0.5, 0.6) is 0 Å². The minimum absolute atomic E-state index is 0.0729. The number of carbonyl (C=O) groups excluding carboxylic acids is 5. The summed E-state index contributed by atoms with van der Waals surface area (Å²) < 4.78 is 0. The standard InChI is InChI=1S/C27H49N9O8/c1-14(2)11-16(28)22(39)35-21(15(3)4)25(42)36-10-6-8-19(36)24(41)34-17(7-5-9-31-27(29)30)23(40)32-12-20(38)33-18(13-37)26(43)44/h14-19,21,37H,5-13,28H2,1-4H3,(H,32,40)(H,33,38)(H,34,41)(H,35,39)(H,43,44)(H4,29,30,31). The van der Waals surface area contributed by atoms with E-state index in [2.05, 4.69) is 26.3 Å². The molecule has 0 bridgehead atoms. The molecule has 0 aromatic carbocycles. The van der Waals surface area contributed by atoms with Crippen LogP contribution in [0.25, 0.3) is 0 Å².